The summed E-state index contributed by atoms with van der Waals surface area (Å²) in [5.74, 6) is -0.0358. The second-order valence-electron chi connectivity index (χ2n) is 4.97. The number of thioether (sulfide) groups is 1. The van der Waals surface area contributed by atoms with Crippen LogP contribution in [0.25, 0.3) is 0 Å². The van der Waals surface area contributed by atoms with E-state index in [0.717, 1.165) is 18.4 Å². The normalized spacial score (nSPS) is 26.4. The Bertz CT molecular complexity index is 441. The van der Waals surface area contributed by atoms with Gasteiger partial charge in [-0.2, -0.15) is 11.8 Å². The van der Waals surface area contributed by atoms with Crippen LogP contribution in [-0.4, -0.2) is 35.0 Å². The first-order valence-corrected chi connectivity index (χ1v) is 7.61. The van der Waals surface area contributed by atoms with Crippen molar-refractivity contribution in [3.05, 3.63) is 35.4 Å². The van der Waals surface area contributed by atoms with Gasteiger partial charge in [0.2, 0.25) is 0 Å². The molecule has 106 valence electrons. The fraction of sp³-hybridized carbons (Fsp3) is 0.571. The molecule has 2 rings (SSSR count). The molecule has 1 heterocycles. The van der Waals surface area contributed by atoms with E-state index < -0.39 is 11.6 Å². The minimum Gasteiger partial charge on any atom is -0.329 e. The van der Waals surface area contributed by atoms with Gasteiger partial charge in [0.05, 0.1) is 6.04 Å². The zero-order chi connectivity index (χ0) is 14.0. The molecule has 0 aliphatic carbocycles. The lowest BCUT2D eigenvalue weighted by molar-refractivity contribution is 0.148. The van der Waals surface area contributed by atoms with Crippen molar-refractivity contribution in [1.82, 2.24) is 4.90 Å². The predicted octanol–water partition coefficient (Wildman–Crippen LogP) is 2.79. The predicted molar refractivity (Wildman–Crippen MR) is 76.2 cm³/mol. The highest BCUT2D eigenvalue weighted by Crippen LogP contribution is 2.32. The van der Waals surface area contributed by atoms with Gasteiger partial charge in [0.1, 0.15) is 11.6 Å². The van der Waals surface area contributed by atoms with Crippen molar-refractivity contribution < 1.29 is 8.78 Å². The van der Waals surface area contributed by atoms with Crippen LogP contribution in [-0.2, 0) is 0 Å². The third-order valence-corrected chi connectivity index (χ3v) is 5.22. The molecular weight excluding hydrogens is 266 g/mol. The minimum atomic E-state index is -0.548. The van der Waals surface area contributed by atoms with Gasteiger partial charge in [-0.25, -0.2) is 8.78 Å². The summed E-state index contributed by atoms with van der Waals surface area (Å²) in [7, 11) is 0. The third-order valence-electron chi connectivity index (χ3n) is 3.88. The molecule has 0 aromatic heterocycles. The van der Waals surface area contributed by atoms with Crippen LogP contribution in [0.3, 0.4) is 0 Å². The van der Waals surface area contributed by atoms with Crippen LogP contribution in [0.4, 0.5) is 8.78 Å². The molecule has 1 aliphatic rings. The molecule has 3 atom stereocenters. The standard InChI is InChI=1S/C14H20F2N2S/c1-9-10(2)19-6-5-18(9)14(8-17)12-4-3-11(15)7-13(12)16/h3-4,7,9-10,14H,5-6,8,17H2,1-2H3. The van der Waals surface area contributed by atoms with E-state index in [1.54, 1.807) is 0 Å². The van der Waals surface area contributed by atoms with Crippen molar-refractivity contribution >= 4 is 11.8 Å². The van der Waals surface area contributed by atoms with Gasteiger partial charge in [-0.15, -0.1) is 0 Å². The highest BCUT2D eigenvalue weighted by Gasteiger charge is 2.32. The second-order valence-corrected chi connectivity index (χ2v) is 6.46. The van der Waals surface area contributed by atoms with E-state index in [-0.39, 0.29) is 6.04 Å². The molecule has 0 amide bonds. The summed E-state index contributed by atoms with van der Waals surface area (Å²) in [6.07, 6.45) is 0. The first-order valence-electron chi connectivity index (χ1n) is 6.57. The summed E-state index contributed by atoms with van der Waals surface area (Å²) in [6.45, 7) is 5.54. The fourth-order valence-electron chi connectivity index (χ4n) is 2.61. The van der Waals surface area contributed by atoms with E-state index >= 15 is 0 Å². The summed E-state index contributed by atoms with van der Waals surface area (Å²) in [4.78, 5) is 2.23. The Labute approximate surface area is 117 Å². The van der Waals surface area contributed by atoms with E-state index in [1.807, 2.05) is 11.8 Å². The van der Waals surface area contributed by atoms with Gasteiger partial charge in [0.15, 0.2) is 0 Å². The molecule has 5 heteroatoms. The topological polar surface area (TPSA) is 29.3 Å². The molecule has 0 spiro atoms. The Morgan fingerprint density at radius 1 is 1.42 bits per heavy atom. The van der Waals surface area contributed by atoms with Gasteiger partial charge in [0, 0.05) is 41.8 Å². The highest BCUT2D eigenvalue weighted by atomic mass is 32.2. The Hall–Kier alpha value is -0.650. The second kappa shape index (κ2) is 6.20. The van der Waals surface area contributed by atoms with Gasteiger partial charge in [0.25, 0.3) is 0 Å². The first-order chi connectivity index (χ1) is 9.04. The molecular formula is C14H20F2N2S. The molecule has 0 radical (unpaired) electrons. The largest absolute Gasteiger partial charge is 0.329 e. The van der Waals surface area contributed by atoms with Crippen LogP contribution in [0.5, 0.6) is 0 Å². The smallest absolute Gasteiger partial charge is 0.130 e. The number of hydrogen-bond donors (Lipinski definition) is 1. The SMILES string of the molecule is CC1SCCN(C(CN)c2ccc(F)cc2F)C1C. The lowest BCUT2D eigenvalue weighted by atomic mass is 10.0. The maximum absolute atomic E-state index is 13.9. The number of hydrogen-bond acceptors (Lipinski definition) is 3. The Balaban J connectivity index is 2.28. The van der Waals surface area contributed by atoms with Crippen LogP contribution in [0, 0.1) is 11.6 Å². The number of benzene rings is 1. The Morgan fingerprint density at radius 2 is 2.16 bits per heavy atom. The van der Waals surface area contributed by atoms with Gasteiger partial charge >= 0.3 is 0 Å². The lowest BCUT2D eigenvalue weighted by Crippen LogP contribution is -2.48. The van der Waals surface area contributed by atoms with E-state index in [0.29, 0.717) is 23.4 Å². The maximum Gasteiger partial charge on any atom is 0.130 e. The van der Waals surface area contributed by atoms with Crippen molar-refractivity contribution in [2.24, 2.45) is 5.73 Å². The summed E-state index contributed by atoms with van der Waals surface area (Å²) in [5, 5.41) is 0.492. The number of rotatable bonds is 3. The maximum atomic E-state index is 13.9. The van der Waals surface area contributed by atoms with E-state index in [4.69, 9.17) is 5.73 Å². The molecule has 0 bridgehead atoms. The van der Waals surface area contributed by atoms with Crippen LogP contribution in [0.1, 0.15) is 25.5 Å². The lowest BCUT2D eigenvalue weighted by Gasteiger charge is -2.42. The summed E-state index contributed by atoms with van der Waals surface area (Å²) < 4.78 is 26.9. The van der Waals surface area contributed by atoms with Gasteiger partial charge in [-0.3, -0.25) is 4.90 Å². The quantitative estimate of drug-likeness (QED) is 0.926. The number of nitrogens with zero attached hydrogens (tertiary/aromatic N) is 1. The van der Waals surface area contributed by atoms with E-state index in [1.165, 1.54) is 12.1 Å². The van der Waals surface area contributed by atoms with Gasteiger partial charge < -0.3 is 5.73 Å². The molecule has 1 aromatic rings. The average molecular weight is 286 g/mol. The zero-order valence-corrected chi connectivity index (χ0v) is 12.1. The van der Waals surface area contributed by atoms with Crippen LogP contribution >= 0.6 is 11.8 Å². The number of halogens is 2. The van der Waals surface area contributed by atoms with E-state index in [2.05, 4.69) is 18.7 Å². The highest BCUT2D eigenvalue weighted by molar-refractivity contribution is 8.00. The summed E-state index contributed by atoms with van der Waals surface area (Å²) in [6, 6.07) is 3.90. The van der Waals surface area contributed by atoms with Crippen molar-refractivity contribution in [1.29, 1.82) is 0 Å². The zero-order valence-electron chi connectivity index (χ0n) is 11.3. The summed E-state index contributed by atoms with van der Waals surface area (Å²) >= 11 is 1.92. The van der Waals surface area contributed by atoms with Crippen LogP contribution < -0.4 is 5.73 Å². The van der Waals surface area contributed by atoms with Crippen LogP contribution in [0.15, 0.2) is 18.2 Å². The molecule has 1 aliphatic heterocycles. The molecule has 2 N–H and O–H groups in total. The third kappa shape index (κ3) is 3.09. The summed E-state index contributed by atoms with van der Waals surface area (Å²) in [5.41, 5.74) is 6.34. The fourth-order valence-corrected chi connectivity index (χ4v) is 3.73. The van der Waals surface area contributed by atoms with Crippen molar-refractivity contribution in [2.45, 2.75) is 31.2 Å². The molecule has 0 saturated carbocycles. The van der Waals surface area contributed by atoms with Crippen molar-refractivity contribution in [3.63, 3.8) is 0 Å². The van der Waals surface area contributed by atoms with Crippen LogP contribution in [0.2, 0.25) is 0 Å². The molecule has 2 nitrogen and oxygen atoms in total. The van der Waals surface area contributed by atoms with Crippen molar-refractivity contribution in [3.8, 4) is 0 Å². The molecule has 3 unspecified atom stereocenters. The first kappa shape index (κ1) is 14.8. The molecule has 19 heavy (non-hydrogen) atoms. The number of nitrogens with two attached hydrogens (primary N) is 1. The molecule has 1 aromatic carbocycles. The Kier molecular flexibility index (Phi) is 4.81. The minimum absolute atomic E-state index is 0.182. The van der Waals surface area contributed by atoms with Gasteiger partial charge in [-0.05, 0) is 13.0 Å². The Morgan fingerprint density at radius 3 is 2.79 bits per heavy atom. The molecule has 1 fully saturated rings. The van der Waals surface area contributed by atoms with Crippen molar-refractivity contribution in [2.75, 3.05) is 18.8 Å². The monoisotopic (exact) mass is 286 g/mol. The van der Waals surface area contributed by atoms with Gasteiger partial charge in [-0.1, -0.05) is 13.0 Å². The average Bonchev–Trinajstić information content (AvgIpc) is 2.37. The molecule has 1 saturated heterocycles. The van der Waals surface area contributed by atoms with E-state index in [9.17, 15) is 8.78 Å².